The maximum absolute atomic E-state index is 12.1. The zero-order valence-corrected chi connectivity index (χ0v) is 15.3. The zero-order chi connectivity index (χ0) is 17.5. The molecule has 1 aliphatic heterocycles. The van der Waals surface area contributed by atoms with E-state index in [1.807, 2.05) is 33.8 Å². The molecular weight excluding hydrogens is 286 g/mol. The van der Waals surface area contributed by atoms with Gasteiger partial charge in [-0.15, -0.1) is 6.42 Å². The highest BCUT2D eigenvalue weighted by Crippen LogP contribution is 2.31. The molecule has 0 aliphatic carbocycles. The second-order valence-corrected chi connectivity index (χ2v) is 7.07. The molecule has 1 aliphatic rings. The Morgan fingerprint density at radius 3 is 2.43 bits per heavy atom. The monoisotopic (exact) mass is 317 g/mol. The minimum absolute atomic E-state index is 0.164. The van der Waals surface area contributed by atoms with Gasteiger partial charge in [-0.05, 0) is 52.9 Å². The normalized spacial score (nSPS) is 18.8. The Hall–Kier alpha value is -1.69. The molecule has 0 aromatic rings. The molecule has 128 valence electrons. The SMILES string of the molecule is C#CC(/C(=C\C=C/C)CC)C1CCN(C(=O)OC(C)(C)C)CC1. The van der Waals surface area contributed by atoms with Crippen molar-refractivity contribution in [1.29, 1.82) is 0 Å². The quantitative estimate of drug-likeness (QED) is 0.551. The van der Waals surface area contributed by atoms with E-state index in [-0.39, 0.29) is 12.0 Å². The number of hydrogen-bond acceptors (Lipinski definition) is 2. The predicted molar refractivity (Wildman–Crippen MR) is 96.0 cm³/mol. The van der Waals surface area contributed by atoms with Crippen LogP contribution in [-0.4, -0.2) is 29.7 Å². The van der Waals surface area contributed by atoms with Gasteiger partial charge in [0.15, 0.2) is 0 Å². The number of carbonyl (C=O) groups is 1. The van der Waals surface area contributed by atoms with Crippen LogP contribution in [0.15, 0.2) is 23.8 Å². The van der Waals surface area contributed by atoms with Crippen LogP contribution in [0.3, 0.4) is 0 Å². The molecule has 3 nitrogen and oxygen atoms in total. The summed E-state index contributed by atoms with van der Waals surface area (Å²) >= 11 is 0. The molecule has 0 saturated carbocycles. The minimum Gasteiger partial charge on any atom is -0.444 e. The van der Waals surface area contributed by atoms with E-state index in [0.29, 0.717) is 5.92 Å². The van der Waals surface area contributed by atoms with E-state index in [9.17, 15) is 4.79 Å². The van der Waals surface area contributed by atoms with Crippen LogP contribution in [0.1, 0.15) is 53.9 Å². The standard InChI is InChI=1S/C20H31NO2/c1-7-10-11-16(8-2)18(9-3)17-12-14-21(15-13-17)19(22)23-20(4,5)6/h3,7,10-11,17-18H,8,12-15H2,1-2,4-6H3/b10-7-,16-11-. The van der Waals surface area contributed by atoms with E-state index in [1.54, 1.807) is 4.90 Å². The molecule has 0 N–H and O–H groups in total. The third-order valence-corrected chi connectivity index (χ3v) is 4.15. The first-order chi connectivity index (χ1) is 10.8. The number of piperidine rings is 1. The molecule has 1 unspecified atom stereocenters. The van der Waals surface area contributed by atoms with Crippen molar-refractivity contribution in [3.05, 3.63) is 23.8 Å². The van der Waals surface area contributed by atoms with Gasteiger partial charge in [0.2, 0.25) is 0 Å². The van der Waals surface area contributed by atoms with Crippen molar-refractivity contribution >= 4 is 6.09 Å². The van der Waals surface area contributed by atoms with E-state index in [2.05, 4.69) is 25.0 Å². The van der Waals surface area contributed by atoms with Crippen molar-refractivity contribution in [2.24, 2.45) is 11.8 Å². The number of ether oxygens (including phenoxy) is 1. The Morgan fingerprint density at radius 1 is 1.39 bits per heavy atom. The Labute approximate surface area is 141 Å². The smallest absolute Gasteiger partial charge is 0.410 e. The van der Waals surface area contributed by atoms with E-state index >= 15 is 0 Å². The van der Waals surface area contributed by atoms with Crippen molar-refractivity contribution in [3.63, 3.8) is 0 Å². The van der Waals surface area contributed by atoms with E-state index in [1.165, 1.54) is 5.57 Å². The van der Waals surface area contributed by atoms with Crippen LogP contribution < -0.4 is 0 Å². The fraction of sp³-hybridized carbons (Fsp3) is 0.650. The molecule has 0 radical (unpaired) electrons. The zero-order valence-electron chi connectivity index (χ0n) is 15.3. The number of allylic oxidation sites excluding steroid dienone is 4. The predicted octanol–water partition coefficient (Wildman–Crippen LogP) is 4.80. The number of hydrogen-bond donors (Lipinski definition) is 0. The highest BCUT2D eigenvalue weighted by atomic mass is 16.6. The van der Waals surface area contributed by atoms with Crippen LogP contribution in [-0.2, 0) is 4.74 Å². The van der Waals surface area contributed by atoms with Crippen molar-refractivity contribution in [1.82, 2.24) is 4.90 Å². The Bertz CT molecular complexity index is 483. The van der Waals surface area contributed by atoms with Crippen LogP contribution in [0.25, 0.3) is 0 Å². The highest BCUT2D eigenvalue weighted by Gasteiger charge is 2.30. The van der Waals surface area contributed by atoms with Crippen LogP contribution in [0.5, 0.6) is 0 Å². The maximum atomic E-state index is 12.1. The highest BCUT2D eigenvalue weighted by molar-refractivity contribution is 5.68. The first-order valence-electron chi connectivity index (χ1n) is 8.58. The van der Waals surface area contributed by atoms with Gasteiger partial charge in [0.1, 0.15) is 5.60 Å². The number of amides is 1. The van der Waals surface area contributed by atoms with Gasteiger partial charge in [-0.1, -0.05) is 36.6 Å². The van der Waals surface area contributed by atoms with Crippen LogP contribution >= 0.6 is 0 Å². The Kier molecular flexibility index (Phi) is 7.42. The first-order valence-corrected chi connectivity index (χ1v) is 8.58. The molecule has 1 heterocycles. The lowest BCUT2D eigenvalue weighted by Gasteiger charge is -2.36. The largest absolute Gasteiger partial charge is 0.444 e. The van der Waals surface area contributed by atoms with Crippen LogP contribution in [0.2, 0.25) is 0 Å². The third-order valence-electron chi connectivity index (χ3n) is 4.15. The summed E-state index contributed by atoms with van der Waals surface area (Å²) in [6.07, 6.45) is 14.6. The average molecular weight is 317 g/mol. The lowest BCUT2D eigenvalue weighted by Crippen LogP contribution is -2.42. The van der Waals surface area contributed by atoms with E-state index < -0.39 is 5.60 Å². The molecule has 0 aromatic heterocycles. The average Bonchev–Trinajstić information content (AvgIpc) is 2.50. The lowest BCUT2D eigenvalue weighted by molar-refractivity contribution is 0.0175. The minimum atomic E-state index is -0.445. The summed E-state index contributed by atoms with van der Waals surface area (Å²) in [5.41, 5.74) is 0.862. The third kappa shape index (κ3) is 6.14. The fourth-order valence-electron chi connectivity index (χ4n) is 2.95. The van der Waals surface area contributed by atoms with Crippen molar-refractivity contribution in [2.45, 2.75) is 59.5 Å². The fourth-order valence-corrected chi connectivity index (χ4v) is 2.95. The van der Waals surface area contributed by atoms with Gasteiger partial charge < -0.3 is 9.64 Å². The molecule has 1 atom stereocenters. The van der Waals surface area contributed by atoms with E-state index in [4.69, 9.17) is 11.2 Å². The number of rotatable bonds is 4. The van der Waals surface area contributed by atoms with E-state index in [0.717, 1.165) is 32.4 Å². The second kappa shape index (κ2) is 8.82. The Balaban J connectivity index is 2.67. The number of terminal acetylenes is 1. The molecule has 1 amide bonds. The lowest BCUT2D eigenvalue weighted by atomic mass is 9.79. The molecular formula is C20H31NO2. The summed E-state index contributed by atoms with van der Waals surface area (Å²) in [6.45, 7) is 11.3. The number of carbonyl (C=O) groups excluding carboxylic acids is 1. The van der Waals surface area contributed by atoms with Gasteiger partial charge in [-0.2, -0.15) is 0 Å². The van der Waals surface area contributed by atoms with Gasteiger partial charge in [-0.25, -0.2) is 4.79 Å². The summed E-state index contributed by atoms with van der Waals surface area (Å²) in [7, 11) is 0. The van der Waals surface area contributed by atoms with Crippen molar-refractivity contribution in [2.75, 3.05) is 13.1 Å². The molecule has 0 spiro atoms. The summed E-state index contributed by atoms with van der Waals surface area (Å²) in [5, 5.41) is 0. The summed E-state index contributed by atoms with van der Waals surface area (Å²) < 4.78 is 5.45. The molecule has 1 fully saturated rings. The second-order valence-electron chi connectivity index (χ2n) is 7.07. The van der Waals surface area contributed by atoms with Gasteiger partial charge >= 0.3 is 6.09 Å². The van der Waals surface area contributed by atoms with Gasteiger partial charge in [0.05, 0.1) is 0 Å². The summed E-state index contributed by atoms with van der Waals surface area (Å²) in [5.74, 6) is 3.58. The molecule has 0 aromatic carbocycles. The van der Waals surface area contributed by atoms with Gasteiger partial charge in [0, 0.05) is 19.0 Å². The topological polar surface area (TPSA) is 29.5 Å². The number of nitrogens with zero attached hydrogens (tertiary/aromatic N) is 1. The van der Waals surface area contributed by atoms with Crippen molar-refractivity contribution in [3.8, 4) is 12.3 Å². The molecule has 1 rings (SSSR count). The molecule has 23 heavy (non-hydrogen) atoms. The summed E-state index contributed by atoms with van der Waals surface area (Å²) in [6, 6.07) is 0. The summed E-state index contributed by atoms with van der Waals surface area (Å²) in [4.78, 5) is 13.9. The van der Waals surface area contributed by atoms with Gasteiger partial charge in [-0.3, -0.25) is 0 Å². The van der Waals surface area contributed by atoms with Gasteiger partial charge in [0.25, 0.3) is 0 Å². The van der Waals surface area contributed by atoms with Crippen molar-refractivity contribution < 1.29 is 9.53 Å². The van der Waals surface area contributed by atoms with Crippen LogP contribution in [0.4, 0.5) is 4.79 Å². The van der Waals surface area contributed by atoms with Crippen LogP contribution in [0, 0.1) is 24.2 Å². The molecule has 1 saturated heterocycles. The number of likely N-dealkylation sites (tertiary alicyclic amines) is 1. The Morgan fingerprint density at radius 2 is 2.00 bits per heavy atom. The first kappa shape index (κ1) is 19.4. The molecule has 3 heteroatoms. The molecule has 0 bridgehead atoms. The maximum Gasteiger partial charge on any atom is 0.410 e.